The summed E-state index contributed by atoms with van der Waals surface area (Å²) >= 11 is 1.34. The first-order valence-electron chi connectivity index (χ1n) is 7.95. The number of hydrogen-bond acceptors (Lipinski definition) is 4. The lowest BCUT2D eigenvalue weighted by atomic mass is 10.1. The molecule has 5 nitrogen and oxygen atoms in total. The van der Waals surface area contributed by atoms with Crippen LogP contribution in [0.1, 0.15) is 23.8 Å². The van der Waals surface area contributed by atoms with Crippen LogP contribution >= 0.6 is 11.3 Å². The minimum absolute atomic E-state index is 0.499. The zero-order chi connectivity index (χ0) is 17.8. The van der Waals surface area contributed by atoms with Gasteiger partial charge in [-0.25, -0.2) is 0 Å². The van der Waals surface area contributed by atoms with Crippen molar-refractivity contribution in [2.75, 3.05) is 11.5 Å². The Kier molecular flexibility index (Phi) is 5.05. The lowest BCUT2D eigenvalue weighted by molar-refractivity contribution is -0.122. The van der Waals surface area contributed by atoms with Crippen LogP contribution in [0.15, 0.2) is 41.8 Å². The molecule has 3 rings (SSSR count). The molecule has 1 aliphatic carbocycles. The van der Waals surface area contributed by atoms with E-state index >= 15 is 0 Å². The normalized spacial score (nSPS) is 14.4. The Morgan fingerprint density at radius 3 is 2.56 bits per heavy atom. The summed E-state index contributed by atoms with van der Waals surface area (Å²) < 4.78 is 5.70. The van der Waals surface area contributed by atoms with Crippen LogP contribution in [0.2, 0.25) is 0 Å². The third-order valence-electron chi connectivity index (χ3n) is 3.98. The molecule has 6 heteroatoms. The average Bonchev–Trinajstić information content (AvgIpc) is 3.30. The van der Waals surface area contributed by atoms with Gasteiger partial charge in [0.2, 0.25) is 5.91 Å². The molecule has 0 spiro atoms. The molecule has 128 valence electrons. The highest BCUT2D eigenvalue weighted by molar-refractivity contribution is 7.10. The first-order chi connectivity index (χ1) is 12.1. The van der Waals surface area contributed by atoms with Crippen molar-refractivity contribution in [1.82, 2.24) is 0 Å². The number of nitrogens with zero attached hydrogens (tertiary/aromatic N) is 1. The maximum Gasteiger partial charge on any atom is 0.303 e. The second-order valence-corrected chi connectivity index (χ2v) is 6.87. The van der Waals surface area contributed by atoms with E-state index < -0.39 is 17.9 Å². The monoisotopic (exact) mass is 354 g/mol. The molecule has 1 saturated carbocycles. The maximum atomic E-state index is 12.3. The zero-order valence-electron chi connectivity index (χ0n) is 13.6. The molecule has 0 bridgehead atoms. The second kappa shape index (κ2) is 7.41. The summed E-state index contributed by atoms with van der Waals surface area (Å²) in [6.07, 6.45) is 7.73. The van der Waals surface area contributed by atoms with Crippen molar-refractivity contribution in [3.8, 4) is 18.1 Å². The molecule has 1 fully saturated rings. The Morgan fingerprint density at radius 2 is 2.04 bits per heavy atom. The van der Waals surface area contributed by atoms with Crippen LogP contribution < -0.4 is 15.4 Å². The first kappa shape index (κ1) is 17.1. The number of hydrogen-bond donors (Lipinski definition) is 1. The third-order valence-corrected chi connectivity index (χ3v) is 4.90. The summed E-state index contributed by atoms with van der Waals surface area (Å²) in [7, 11) is 0. The van der Waals surface area contributed by atoms with Crippen LogP contribution in [0.3, 0.4) is 0 Å². The maximum absolute atomic E-state index is 12.3. The van der Waals surface area contributed by atoms with E-state index in [1.54, 1.807) is 36.4 Å². The topological polar surface area (TPSA) is 72.6 Å². The quantitative estimate of drug-likeness (QED) is 0.777. The number of thiophene rings is 1. The van der Waals surface area contributed by atoms with Crippen LogP contribution in [0.25, 0.3) is 0 Å². The van der Waals surface area contributed by atoms with Crippen LogP contribution in [-0.2, 0) is 9.59 Å². The van der Waals surface area contributed by atoms with Gasteiger partial charge in [-0.05, 0) is 60.4 Å². The minimum atomic E-state index is -0.943. The number of primary amides is 1. The van der Waals surface area contributed by atoms with Crippen molar-refractivity contribution in [2.45, 2.75) is 18.9 Å². The highest BCUT2D eigenvalue weighted by atomic mass is 32.1. The fraction of sp³-hybridized carbons (Fsp3) is 0.263. The molecular formula is C19H18N2O3S. The lowest BCUT2D eigenvalue weighted by Crippen LogP contribution is -2.41. The Bertz CT molecular complexity index is 789. The van der Waals surface area contributed by atoms with Crippen molar-refractivity contribution in [1.29, 1.82) is 0 Å². The molecule has 0 aliphatic heterocycles. The van der Waals surface area contributed by atoms with Crippen molar-refractivity contribution in [3.63, 3.8) is 0 Å². The van der Waals surface area contributed by atoms with Crippen LogP contribution in [0.4, 0.5) is 5.69 Å². The van der Waals surface area contributed by atoms with Gasteiger partial charge < -0.3 is 10.5 Å². The van der Waals surface area contributed by atoms with Crippen LogP contribution in [-0.4, -0.2) is 18.4 Å². The van der Waals surface area contributed by atoms with E-state index in [1.165, 1.54) is 29.1 Å². The highest BCUT2D eigenvalue weighted by Gasteiger charge is 2.31. The van der Waals surface area contributed by atoms with Gasteiger partial charge in [0.05, 0.1) is 6.61 Å². The van der Waals surface area contributed by atoms with Crippen molar-refractivity contribution >= 4 is 28.8 Å². The van der Waals surface area contributed by atoms with E-state index in [0.29, 0.717) is 23.1 Å². The predicted molar refractivity (Wildman–Crippen MR) is 97.2 cm³/mol. The number of ether oxygens (including phenoxy) is 1. The van der Waals surface area contributed by atoms with E-state index in [9.17, 15) is 9.59 Å². The number of carbonyl (C=O) groups is 2. The molecule has 1 heterocycles. The molecule has 2 aromatic rings. The van der Waals surface area contributed by atoms with Gasteiger partial charge >= 0.3 is 5.91 Å². The van der Waals surface area contributed by atoms with Gasteiger partial charge in [0.25, 0.3) is 0 Å². The van der Waals surface area contributed by atoms with Gasteiger partial charge in [-0.15, -0.1) is 17.8 Å². The van der Waals surface area contributed by atoms with Gasteiger partial charge in [0.1, 0.15) is 5.75 Å². The van der Waals surface area contributed by atoms with Crippen molar-refractivity contribution < 1.29 is 14.3 Å². The summed E-state index contributed by atoms with van der Waals surface area (Å²) in [6.45, 7) is 0.700. The fourth-order valence-corrected chi connectivity index (χ4v) is 3.32. The van der Waals surface area contributed by atoms with E-state index in [4.69, 9.17) is 16.9 Å². The summed E-state index contributed by atoms with van der Waals surface area (Å²) in [5.74, 6) is 2.18. The van der Waals surface area contributed by atoms with E-state index in [1.807, 2.05) is 5.38 Å². The Hall–Kier alpha value is -2.78. The number of terminal acetylenes is 1. The predicted octanol–water partition coefficient (Wildman–Crippen LogP) is 2.73. The second-order valence-electron chi connectivity index (χ2n) is 5.89. The van der Waals surface area contributed by atoms with Gasteiger partial charge in [-0.1, -0.05) is 6.07 Å². The number of rotatable bonds is 7. The molecule has 25 heavy (non-hydrogen) atoms. The molecule has 2 amide bonds. The molecule has 2 N–H and O–H groups in total. The standard InChI is InChI=1S/C19H18N2O3S/c1-2-17(22)21(18(19(20)23)16-4-3-11-25-16)14-7-9-15(10-8-14)24-12-13-5-6-13/h1,3-4,7-11,13,18H,5-6,12H2,(H2,20,23). The molecule has 1 aliphatic rings. The fourth-order valence-electron chi connectivity index (χ4n) is 2.50. The van der Waals surface area contributed by atoms with Crippen LogP contribution in [0, 0.1) is 18.3 Å². The number of anilines is 1. The minimum Gasteiger partial charge on any atom is -0.493 e. The molecule has 1 aromatic heterocycles. The molecule has 1 aromatic carbocycles. The molecule has 0 saturated heterocycles. The van der Waals surface area contributed by atoms with Crippen LogP contribution in [0.5, 0.6) is 5.75 Å². The average molecular weight is 354 g/mol. The Balaban J connectivity index is 1.88. The number of nitrogens with two attached hydrogens (primary N) is 1. The summed E-state index contributed by atoms with van der Waals surface area (Å²) in [5.41, 5.74) is 6.06. The van der Waals surface area contributed by atoms with Gasteiger partial charge in [0, 0.05) is 10.6 Å². The van der Waals surface area contributed by atoms with Gasteiger partial charge in [-0.2, -0.15) is 0 Å². The molecule has 1 atom stereocenters. The lowest BCUT2D eigenvalue weighted by Gasteiger charge is -2.27. The number of amides is 2. The smallest absolute Gasteiger partial charge is 0.303 e. The van der Waals surface area contributed by atoms with Crippen molar-refractivity contribution in [2.24, 2.45) is 11.7 Å². The van der Waals surface area contributed by atoms with Gasteiger partial charge in [-0.3, -0.25) is 14.5 Å². The Morgan fingerprint density at radius 1 is 1.32 bits per heavy atom. The molecule has 0 radical (unpaired) electrons. The third kappa shape index (κ3) is 4.01. The number of benzene rings is 1. The van der Waals surface area contributed by atoms with E-state index in [-0.39, 0.29) is 0 Å². The molecular weight excluding hydrogens is 336 g/mol. The highest BCUT2D eigenvalue weighted by Crippen LogP contribution is 2.32. The summed E-state index contributed by atoms with van der Waals surface area (Å²) in [4.78, 5) is 26.2. The Labute approximate surface area is 150 Å². The van der Waals surface area contributed by atoms with Gasteiger partial charge in [0.15, 0.2) is 6.04 Å². The zero-order valence-corrected chi connectivity index (χ0v) is 14.4. The SMILES string of the molecule is C#CC(=O)N(c1ccc(OCC2CC2)cc1)C(C(N)=O)c1cccs1. The molecule has 1 unspecified atom stereocenters. The van der Waals surface area contributed by atoms with E-state index in [2.05, 4.69) is 5.92 Å². The van der Waals surface area contributed by atoms with E-state index in [0.717, 1.165) is 5.75 Å². The summed E-state index contributed by atoms with van der Waals surface area (Å²) in [5, 5.41) is 1.82. The first-order valence-corrected chi connectivity index (χ1v) is 8.83. The number of carbonyl (C=O) groups excluding carboxylic acids is 2. The van der Waals surface area contributed by atoms with Crippen molar-refractivity contribution in [3.05, 3.63) is 46.7 Å². The largest absolute Gasteiger partial charge is 0.493 e. The summed E-state index contributed by atoms with van der Waals surface area (Å²) in [6, 6.07) is 9.55.